The van der Waals surface area contributed by atoms with E-state index in [0.29, 0.717) is 23.9 Å². The first-order valence-electron chi connectivity index (χ1n) is 11.3. The zero-order valence-electron chi connectivity index (χ0n) is 18.8. The number of carbonyl (C=O) groups is 2. The quantitative estimate of drug-likeness (QED) is 0.443. The Kier molecular flexibility index (Phi) is 7.49. The lowest BCUT2D eigenvalue weighted by molar-refractivity contribution is -0.119. The molecule has 3 aromatic rings. The molecule has 0 saturated carbocycles. The standard InChI is InChI=1S/C24H29N5O3S/c1-16(18-9-8-17-5-2-3-6-19(17)13-18)26-23(31)15-33-24-28-27-22(11-10-21(25)30)29(24)14-20-7-4-12-32-20/h4,7-9,12-13,16H,2-3,5-6,10-11,14-15H2,1H3,(H2,25,30)(H,26,31). The van der Waals surface area contributed by atoms with Crippen LogP contribution in [0.15, 0.2) is 46.2 Å². The van der Waals surface area contributed by atoms with Gasteiger partial charge in [0.1, 0.15) is 11.6 Å². The summed E-state index contributed by atoms with van der Waals surface area (Å²) in [6.07, 6.45) is 6.91. The third kappa shape index (κ3) is 6.04. The minimum Gasteiger partial charge on any atom is -0.467 e. The number of nitrogens with one attached hydrogen (secondary N) is 1. The van der Waals surface area contributed by atoms with Crippen molar-refractivity contribution in [1.82, 2.24) is 20.1 Å². The first-order valence-corrected chi connectivity index (χ1v) is 12.2. The minimum absolute atomic E-state index is 0.0718. The van der Waals surface area contributed by atoms with Gasteiger partial charge in [0.25, 0.3) is 0 Å². The van der Waals surface area contributed by atoms with Crippen LogP contribution in [0.5, 0.6) is 0 Å². The molecule has 2 aromatic heterocycles. The fourth-order valence-electron chi connectivity index (χ4n) is 4.08. The molecule has 0 saturated heterocycles. The molecule has 174 valence electrons. The van der Waals surface area contributed by atoms with Crippen molar-refractivity contribution in [3.63, 3.8) is 0 Å². The number of nitrogens with two attached hydrogens (primary N) is 1. The molecule has 2 amide bonds. The van der Waals surface area contributed by atoms with E-state index in [1.54, 1.807) is 6.26 Å². The first-order chi connectivity index (χ1) is 16.0. The molecule has 0 bridgehead atoms. The van der Waals surface area contributed by atoms with E-state index in [1.165, 1.54) is 35.7 Å². The second-order valence-electron chi connectivity index (χ2n) is 8.34. The van der Waals surface area contributed by atoms with Crippen molar-refractivity contribution < 1.29 is 14.0 Å². The Morgan fingerprint density at radius 3 is 2.79 bits per heavy atom. The number of rotatable bonds is 10. The van der Waals surface area contributed by atoms with Gasteiger partial charge in [-0.15, -0.1) is 10.2 Å². The molecule has 3 N–H and O–H groups in total. The average Bonchev–Trinajstić information content (AvgIpc) is 3.46. The number of thioether (sulfide) groups is 1. The summed E-state index contributed by atoms with van der Waals surface area (Å²) in [7, 11) is 0. The lowest BCUT2D eigenvalue weighted by Gasteiger charge is -2.20. The second-order valence-corrected chi connectivity index (χ2v) is 9.29. The van der Waals surface area contributed by atoms with E-state index in [-0.39, 0.29) is 24.1 Å². The first kappa shape index (κ1) is 23.1. The Morgan fingerprint density at radius 1 is 1.21 bits per heavy atom. The van der Waals surface area contributed by atoms with Crippen LogP contribution in [0.25, 0.3) is 0 Å². The van der Waals surface area contributed by atoms with Gasteiger partial charge in [0.05, 0.1) is 24.6 Å². The predicted molar refractivity (Wildman–Crippen MR) is 126 cm³/mol. The molecule has 1 unspecified atom stereocenters. The Labute approximate surface area is 197 Å². The van der Waals surface area contributed by atoms with Gasteiger partial charge in [-0.2, -0.15) is 0 Å². The molecule has 9 heteroatoms. The maximum atomic E-state index is 12.7. The molecule has 4 rings (SSSR count). The Balaban J connectivity index is 1.38. The van der Waals surface area contributed by atoms with Gasteiger partial charge in [-0.05, 0) is 61.4 Å². The van der Waals surface area contributed by atoms with Gasteiger partial charge < -0.3 is 15.5 Å². The highest BCUT2D eigenvalue weighted by molar-refractivity contribution is 7.99. The van der Waals surface area contributed by atoms with Crippen molar-refractivity contribution in [2.45, 2.75) is 63.2 Å². The second kappa shape index (κ2) is 10.7. The highest BCUT2D eigenvalue weighted by Gasteiger charge is 2.18. The number of carbonyl (C=O) groups excluding carboxylic acids is 2. The minimum atomic E-state index is -0.396. The van der Waals surface area contributed by atoms with E-state index >= 15 is 0 Å². The molecular weight excluding hydrogens is 438 g/mol. The number of hydrogen-bond acceptors (Lipinski definition) is 6. The molecule has 33 heavy (non-hydrogen) atoms. The Morgan fingerprint density at radius 2 is 2.03 bits per heavy atom. The Bertz CT molecular complexity index is 1110. The number of aromatic nitrogens is 3. The van der Waals surface area contributed by atoms with Crippen LogP contribution in [0.2, 0.25) is 0 Å². The van der Waals surface area contributed by atoms with E-state index in [1.807, 2.05) is 23.6 Å². The van der Waals surface area contributed by atoms with Gasteiger partial charge in [0, 0.05) is 12.8 Å². The van der Waals surface area contributed by atoms with Crippen LogP contribution >= 0.6 is 11.8 Å². The monoisotopic (exact) mass is 467 g/mol. The van der Waals surface area contributed by atoms with Crippen molar-refractivity contribution in [1.29, 1.82) is 0 Å². The van der Waals surface area contributed by atoms with Crippen molar-refractivity contribution in [3.8, 4) is 0 Å². The third-order valence-electron chi connectivity index (χ3n) is 5.86. The number of amides is 2. The summed E-state index contributed by atoms with van der Waals surface area (Å²) in [5, 5.41) is 12.1. The zero-order chi connectivity index (χ0) is 23.2. The SMILES string of the molecule is CC(NC(=O)CSc1nnc(CCC(N)=O)n1Cc1ccco1)c1ccc2c(c1)CCCC2. The Hall–Kier alpha value is -3.07. The lowest BCUT2D eigenvalue weighted by Crippen LogP contribution is -2.28. The summed E-state index contributed by atoms with van der Waals surface area (Å²) >= 11 is 1.31. The maximum absolute atomic E-state index is 12.7. The largest absolute Gasteiger partial charge is 0.467 e. The normalized spacial score (nSPS) is 14.0. The van der Waals surface area contributed by atoms with Crippen LogP contribution < -0.4 is 11.1 Å². The molecule has 0 radical (unpaired) electrons. The fraction of sp³-hybridized carbons (Fsp3) is 0.417. The van der Waals surface area contributed by atoms with Gasteiger partial charge in [0.2, 0.25) is 11.8 Å². The third-order valence-corrected chi connectivity index (χ3v) is 6.83. The van der Waals surface area contributed by atoms with Gasteiger partial charge in [0.15, 0.2) is 5.16 Å². The number of nitrogens with zero attached hydrogens (tertiary/aromatic N) is 3. The lowest BCUT2D eigenvalue weighted by atomic mass is 9.89. The van der Waals surface area contributed by atoms with Crippen molar-refractivity contribution in [2.24, 2.45) is 5.73 Å². The van der Waals surface area contributed by atoms with E-state index in [9.17, 15) is 9.59 Å². The van der Waals surface area contributed by atoms with Gasteiger partial charge in [-0.25, -0.2) is 0 Å². The number of benzene rings is 1. The summed E-state index contributed by atoms with van der Waals surface area (Å²) in [6, 6.07) is 10.2. The van der Waals surface area contributed by atoms with Crippen LogP contribution in [0.4, 0.5) is 0 Å². The number of hydrogen-bond donors (Lipinski definition) is 2. The van der Waals surface area contributed by atoms with E-state index in [2.05, 4.69) is 33.7 Å². The molecule has 1 aliphatic carbocycles. The summed E-state index contributed by atoms with van der Waals surface area (Å²) in [5.41, 5.74) is 9.26. The smallest absolute Gasteiger partial charge is 0.230 e. The van der Waals surface area contributed by atoms with Crippen LogP contribution in [0.1, 0.15) is 60.5 Å². The molecule has 1 aliphatic rings. The summed E-state index contributed by atoms with van der Waals surface area (Å²) < 4.78 is 7.32. The highest BCUT2D eigenvalue weighted by atomic mass is 32.2. The van der Waals surface area contributed by atoms with Crippen molar-refractivity contribution >= 4 is 23.6 Å². The van der Waals surface area contributed by atoms with Crippen LogP contribution in [0.3, 0.4) is 0 Å². The van der Waals surface area contributed by atoms with Crippen molar-refractivity contribution in [3.05, 3.63) is 64.9 Å². The summed E-state index contributed by atoms with van der Waals surface area (Å²) in [6.45, 7) is 2.43. The topological polar surface area (TPSA) is 116 Å². The van der Waals surface area contributed by atoms with E-state index in [0.717, 1.165) is 24.2 Å². The zero-order valence-corrected chi connectivity index (χ0v) is 19.6. The van der Waals surface area contributed by atoms with Crippen molar-refractivity contribution in [2.75, 3.05) is 5.75 Å². The molecule has 8 nitrogen and oxygen atoms in total. The highest BCUT2D eigenvalue weighted by Crippen LogP contribution is 2.25. The van der Waals surface area contributed by atoms with E-state index < -0.39 is 5.91 Å². The number of aryl methyl sites for hydroxylation is 3. The summed E-state index contributed by atoms with van der Waals surface area (Å²) in [4.78, 5) is 23.9. The van der Waals surface area contributed by atoms with Gasteiger partial charge in [-0.1, -0.05) is 30.0 Å². The van der Waals surface area contributed by atoms with Gasteiger partial charge >= 0.3 is 0 Å². The fourth-order valence-corrected chi connectivity index (χ4v) is 4.85. The molecule has 1 aromatic carbocycles. The molecule has 0 fully saturated rings. The predicted octanol–water partition coefficient (Wildman–Crippen LogP) is 3.19. The van der Waals surface area contributed by atoms with E-state index in [4.69, 9.17) is 10.2 Å². The molecule has 0 spiro atoms. The number of furan rings is 1. The molecule has 1 atom stereocenters. The number of fused-ring (bicyclic) bond motifs is 1. The molecule has 2 heterocycles. The van der Waals surface area contributed by atoms with Crippen LogP contribution in [0, 0.1) is 0 Å². The molecule has 0 aliphatic heterocycles. The average molecular weight is 468 g/mol. The number of primary amides is 1. The van der Waals surface area contributed by atoms with Crippen LogP contribution in [-0.4, -0.2) is 32.3 Å². The van der Waals surface area contributed by atoms with Crippen LogP contribution in [-0.2, 0) is 35.4 Å². The van der Waals surface area contributed by atoms with Gasteiger partial charge in [-0.3, -0.25) is 14.2 Å². The molecular formula is C24H29N5O3S. The summed E-state index contributed by atoms with van der Waals surface area (Å²) in [5.74, 6) is 1.11. The maximum Gasteiger partial charge on any atom is 0.230 e.